The Morgan fingerprint density at radius 3 is 1.39 bits per heavy atom. The zero-order chi connectivity index (χ0) is 18.5. The van der Waals surface area contributed by atoms with Gasteiger partial charge in [-0.05, 0) is 56.6 Å². The Hall–Kier alpha value is -3.12. The summed E-state index contributed by atoms with van der Waals surface area (Å²) in [5.41, 5.74) is 5.71. The smallest absolute Gasteiger partial charge is 0.00280 e. The molecular formula is C28H22. The molecule has 0 amide bonds. The van der Waals surface area contributed by atoms with Crippen LogP contribution in [-0.2, 0) is 0 Å². The van der Waals surface area contributed by atoms with Crippen molar-refractivity contribution in [2.75, 3.05) is 0 Å². The Kier molecular flexibility index (Phi) is 3.52. The Labute approximate surface area is 165 Å². The molecule has 0 spiro atoms. The van der Waals surface area contributed by atoms with Crippen molar-refractivity contribution >= 4 is 33.7 Å². The first-order valence-corrected chi connectivity index (χ1v) is 10.3. The van der Waals surface area contributed by atoms with Gasteiger partial charge < -0.3 is 0 Å². The monoisotopic (exact) mass is 358 g/mol. The van der Waals surface area contributed by atoms with Crippen LogP contribution in [0.1, 0.15) is 46.9 Å². The van der Waals surface area contributed by atoms with E-state index in [4.69, 9.17) is 0 Å². The molecule has 0 heterocycles. The maximum absolute atomic E-state index is 2.41. The molecule has 0 aliphatic heterocycles. The second-order valence-corrected chi connectivity index (χ2v) is 8.09. The second-order valence-electron chi connectivity index (χ2n) is 8.09. The lowest BCUT2D eigenvalue weighted by molar-refractivity contribution is 0.638. The Morgan fingerprint density at radius 1 is 0.500 bits per heavy atom. The SMILES string of the molecule is C1=CC(CCC2C=Cc3cccc4cccc2c34)c2cccc3cccc1c23. The molecule has 134 valence electrons. The van der Waals surface area contributed by atoms with Gasteiger partial charge in [0.1, 0.15) is 0 Å². The molecule has 28 heavy (non-hydrogen) atoms. The number of hydrogen-bond acceptors (Lipinski definition) is 0. The Morgan fingerprint density at radius 2 is 0.929 bits per heavy atom. The molecule has 0 radical (unpaired) electrons. The fourth-order valence-electron chi connectivity index (χ4n) is 5.20. The highest BCUT2D eigenvalue weighted by Crippen LogP contribution is 2.41. The van der Waals surface area contributed by atoms with E-state index >= 15 is 0 Å². The van der Waals surface area contributed by atoms with Crippen molar-refractivity contribution in [1.82, 2.24) is 0 Å². The van der Waals surface area contributed by atoms with Crippen molar-refractivity contribution in [3.63, 3.8) is 0 Å². The van der Waals surface area contributed by atoms with Gasteiger partial charge in [-0.2, -0.15) is 0 Å². The summed E-state index contributed by atoms with van der Waals surface area (Å²) >= 11 is 0. The summed E-state index contributed by atoms with van der Waals surface area (Å²) in [5.74, 6) is 1.01. The molecule has 0 saturated carbocycles. The molecule has 0 nitrogen and oxygen atoms in total. The van der Waals surface area contributed by atoms with Gasteiger partial charge >= 0.3 is 0 Å². The average Bonchev–Trinajstić information content (AvgIpc) is 2.75. The van der Waals surface area contributed by atoms with Gasteiger partial charge in [0.2, 0.25) is 0 Å². The van der Waals surface area contributed by atoms with E-state index in [9.17, 15) is 0 Å². The lowest BCUT2D eigenvalue weighted by Gasteiger charge is -2.25. The third-order valence-corrected chi connectivity index (χ3v) is 6.54. The maximum atomic E-state index is 2.41. The van der Waals surface area contributed by atoms with Crippen molar-refractivity contribution < 1.29 is 0 Å². The third-order valence-electron chi connectivity index (χ3n) is 6.54. The summed E-state index contributed by atoms with van der Waals surface area (Å²) in [7, 11) is 0. The first-order chi connectivity index (χ1) is 13.9. The molecule has 0 bridgehead atoms. The lowest BCUT2D eigenvalue weighted by Crippen LogP contribution is -2.06. The van der Waals surface area contributed by atoms with E-state index in [0.29, 0.717) is 11.8 Å². The quantitative estimate of drug-likeness (QED) is 0.352. The Bertz CT molecular complexity index is 1160. The zero-order valence-electron chi connectivity index (χ0n) is 15.8. The maximum Gasteiger partial charge on any atom is 0.00280 e. The lowest BCUT2D eigenvalue weighted by atomic mass is 9.79. The standard InChI is InChI=1S/C28H22/c1-5-21-9-3-11-25-19(15-17-23(7-1)27(21)25)13-14-20-16-18-24-8-2-6-22-10-4-12-26(20)28(22)24/h1-12,15-20H,13-14H2. The van der Waals surface area contributed by atoms with Crippen LogP contribution in [0.2, 0.25) is 0 Å². The van der Waals surface area contributed by atoms with Gasteiger partial charge in [0.15, 0.2) is 0 Å². The van der Waals surface area contributed by atoms with Crippen molar-refractivity contribution in [3.05, 3.63) is 107 Å². The molecule has 0 aromatic heterocycles. The molecule has 2 aliphatic rings. The molecule has 0 fully saturated rings. The summed E-state index contributed by atoms with van der Waals surface area (Å²) in [6.07, 6.45) is 11.8. The summed E-state index contributed by atoms with van der Waals surface area (Å²) in [6, 6.07) is 26.8. The predicted molar refractivity (Wildman–Crippen MR) is 121 cm³/mol. The minimum atomic E-state index is 0.503. The fraction of sp³-hybridized carbons (Fsp3) is 0.143. The summed E-state index contributed by atoms with van der Waals surface area (Å²) < 4.78 is 0. The molecule has 4 aromatic carbocycles. The van der Waals surface area contributed by atoms with E-state index < -0.39 is 0 Å². The van der Waals surface area contributed by atoms with Gasteiger partial charge in [0.25, 0.3) is 0 Å². The van der Waals surface area contributed by atoms with Crippen LogP contribution in [-0.4, -0.2) is 0 Å². The number of benzene rings is 4. The van der Waals surface area contributed by atoms with Gasteiger partial charge in [0.05, 0.1) is 0 Å². The van der Waals surface area contributed by atoms with Gasteiger partial charge in [-0.25, -0.2) is 0 Å². The van der Waals surface area contributed by atoms with E-state index in [1.165, 1.54) is 56.6 Å². The minimum absolute atomic E-state index is 0.503. The van der Waals surface area contributed by atoms with Crippen molar-refractivity contribution in [3.8, 4) is 0 Å². The molecule has 0 N–H and O–H groups in total. The van der Waals surface area contributed by atoms with Gasteiger partial charge in [-0.1, -0.05) is 97.1 Å². The molecule has 2 unspecified atom stereocenters. The summed E-state index contributed by atoms with van der Waals surface area (Å²) in [5, 5.41) is 5.62. The van der Waals surface area contributed by atoms with Crippen LogP contribution in [0.3, 0.4) is 0 Å². The molecule has 0 saturated heterocycles. The van der Waals surface area contributed by atoms with Crippen LogP contribution in [0.15, 0.2) is 84.9 Å². The van der Waals surface area contributed by atoms with E-state index in [1.54, 1.807) is 0 Å². The van der Waals surface area contributed by atoms with E-state index in [-0.39, 0.29) is 0 Å². The largest absolute Gasteiger partial charge is 0.0764 e. The van der Waals surface area contributed by atoms with Gasteiger partial charge in [-0.15, -0.1) is 0 Å². The molecule has 6 rings (SSSR count). The van der Waals surface area contributed by atoms with Crippen LogP contribution >= 0.6 is 0 Å². The van der Waals surface area contributed by atoms with Crippen LogP contribution in [0, 0.1) is 0 Å². The van der Waals surface area contributed by atoms with Crippen molar-refractivity contribution in [1.29, 1.82) is 0 Å². The van der Waals surface area contributed by atoms with Crippen LogP contribution in [0.4, 0.5) is 0 Å². The van der Waals surface area contributed by atoms with Crippen molar-refractivity contribution in [2.45, 2.75) is 24.7 Å². The molecule has 0 heteroatoms. The van der Waals surface area contributed by atoms with E-state index in [1.807, 2.05) is 0 Å². The number of rotatable bonds is 3. The summed E-state index contributed by atoms with van der Waals surface area (Å²) in [4.78, 5) is 0. The molecule has 4 aromatic rings. The predicted octanol–water partition coefficient (Wildman–Crippen LogP) is 7.69. The van der Waals surface area contributed by atoms with E-state index in [2.05, 4.69) is 97.1 Å². The molecule has 2 atom stereocenters. The van der Waals surface area contributed by atoms with Crippen LogP contribution in [0.5, 0.6) is 0 Å². The molecular weight excluding hydrogens is 336 g/mol. The van der Waals surface area contributed by atoms with Gasteiger partial charge in [0, 0.05) is 11.8 Å². The highest BCUT2D eigenvalue weighted by molar-refractivity contribution is 5.96. The highest BCUT2D eigenvalue weighted by Gasteiger charge is 2.21. The Balaban J connectivity index is 1.33. The summed E-state index contributed by atoms with van der Waals surface area (Å²) in [6.45, 7) is 0. The normalized spacial score (nSPS) is 19.4. The van der Waals surface area contributed by atoms with Crippen LogP contribution in [0.25, 0.3) is 33.7 Å². The van der Waals surface area contributed by atoms with Crippen LogP contribution < -0.4 is 0 Å². The topological polar surface area (TPSA) is 0 Å². The highest BCUT2D eigenvalue weighted by atomic mass is 14.3. The first-order valence-electron chi connectivity index (χ1n) is 10.3. The van der Waals surface area contributed by atoms with Gasteiger partial charge in [-0.3, -0.25) is 0 Å². The second kappa shape index (κ2) is 6.21. The molecule has 2 aliphatic carbocycles. The van der Waals surface area contributed by atoms with E-state index in [0.717, 1.165) is 0 Å². The zero-order valence-corrected chi connectivity index (χ0v) is 15.8. The van der Waals surface area contributed by atoms with Crippen molar-refractivity contribution in [2.24, 2.45) is 0 Å². The number of allylic oxidation sites excluding steroid dienone is 2. The fourth-order valence-corrected chi connectivity index (χ4v) is 5.20. The first kappa shape index (κ1) is 15.9. The number of hydrogen-bond donors (Lipinski definition) is 0. The minimum Gasteiger partial charge on any atom is -0.0764 e. The third kappa shape index (κ3) is 2.38. The average molecular weight is 358 g/mol.